The summed E-state index contributed by atoms with van der Waals surface area (Å²) in [6, 6.07) is 14.6. The monoisotopic (exact) mass is 334 g/mol. The molecule has 0 heterocycles. The van der Waals surface area contributed by atoms with E-state index in [1.54, 1.807) is 13.8 Å². The average Bonchev–Trinajstić information content (AvgIpc) is 2.59. The number of esters is 1. The Kier molecular flexibility index (Phi) is 4.19. The Labute approximate surface area is 145 Å². The third kappa shape index (κ3) is 2.94. The van der Waals surface area contributed by atoms with Crippen LogP contribution in [-0.2, 0) is 4.79 Å². The summed E-state index contributed by atoms with van der Waals surface area (Å²) in [5.41, 5.74) is 1.73. The number of hydrogen-bond donors (Lipinski definition) is 2. The van der Waals surface area contributed by atoms with Crippen molar-refractivity contribution < 1.29 is 19.7 Å². The SMILES string of the molecule is C=C(C)C(=O)Oc1c(C)cc(O)c(O)c1-c1cccc2ccccc12. The lowest BCUT2D eigenvalue weighted by Crippen LogP contribution is -2.10. The summed E-state index contributed by atoms with van der Waals surface area (Å²) in [6.07, 6.45) is 0. The molecule has 0 amide bonds. The first kappa shape index (κ1) is 16.6. The van der Waals surface area contributed by atoms with E-state index >= 15 is 0 Å². The fourth-order valence-electron chi connectivity index (χ4n) is 2.78. The Morgan fingerprint density at radius 1 is 1.08 bits per heavy atom. The minimum atomic E-state index is -0.588. The van der Waals surface area contributed by atoms with Crippen LogP contribution in [0.1, 0.15) is 12.5 Å². The smallest absolute Gasteiger partial charge is 0.338 e. The quantitative estimate of drug-likeness (QED) is 0.315. The molecule has 0 fully saturated rings. The summed E-state index contributed by atoms with van der Waals surface area (Å²) >= 11 is 0. The summed E-state index contributed by atoms with van der Waals surface area (Å²) in [5, 5.41) is 22.4. The molecule has 25 heavy (non-hydrogen) atoms. The molecule has 4 nitrogen and oxygen atoms in total. The Hall–Kier alpha value is -3.27. The fraction of sp³-hybridized carbons (Fsp3) is 0.0952. The van der Waals surface area contributed by atoms with Crippen LogP contribution in [0.5, 0.6) is 17.2 Å². The molecule has 0 aromatic heterocycles. The van der Waals surface area contributed by atoms with Gasteiger partial charge in [0.25, 0.3) is 0 Å². The van der Waals surface area contributed by atoms with Gasteiger partial charge in [-0.05, 0) is 41.8 Å². The summed E-state index contributed by atoms with van der Waals surface area (Å²) < 4.78 is 5.47. The molecular weight excluding hydrogens is 316 g/mol. The van der Waals surface area contributed by atoms with E-state index in [1.165, 1.54) is 6.07 Å². The van der Waals surface area contributed by atoms with Gasteiger partial charge in [0, 0.05) is 5.57 Å². The molecule has 3 rings (SSSR count). The molecule has 2 N–H and O–H groups in total. The highest BCUT2D eigenvalue weighted by Gasteiger charge is 2.22. The lowest BCUT2D eigenvalue weighted by Gasteiger charge is -2.17. The van der Waals surface area contributed by atoms with Crippen LogP contribution in [0, 0.1) is 6.92 Å². The van der Waals surface area contributed by atoms with Crippen LogP contribution in [0.2, 0.25) is 0 Å². The fourth-order valence-corrected chi connectivity index (χ4v) is 2.78. The molecule has 3 aromatic rings. The van der Waals surface area contributed by atoms with E-state index < -0.39 is 5.97 Å². The van der Waals surface area contributed by atoms with E-state index in [-0.39, 0.29) is 28.4 Å². The summed E-state index contributed by atoms with van der Waals surface area (Å²) in [4.78, 5) is 12.0. The van der Waals surface area contributed by atoms with Gasteiger partial charge in [0.2, 0.25) is 0 Å². The van der Waals surface area contributed by atoms with Gasteiger partial charge in [-0.15, -0.1) is 0 Å². The highest BCUT2D eigenvalue weighted by molar-refractivity contribution is 6.01. The van der Waals surface area contributed by atoms with Gasteiger partial charge in [-0.3, -0.25) is 0 Å². The molecule has 0 aliphatic rings. The lowest BCUT2D eigenvalue weighted by atomic mass is 9.95. The predicted molar refractivity (Wildman–Crippen MR) is 97.9 cm³/mol. The van der Waals surface area contributed by atoms with E-state index in [0.717, 1.165) is 10.8 Å². The van der Waals surface area contributed by atoms with Crippen LogP contribution in [0.25, 0.3) is 21.9 Å². The molecule has 0 saturated carbocycles. The molecule has 0 unspecified atom stereocenters. The third-order valence-corrected chi connectivity index (χ3v) is 4.02. The van der Waals surface area contributed by atoms with Crippen molar-refractivity contribution >= 4 is 16.7 Å². The highest BCUT2D eigenvalue weighted by Crippen LogP contribution is 2.47. The largest absolute Gasteiger partial charge is 0.504 e. The average molecular weight is 334 g/mol. The minimum Gasteiger partial charge on any atom is -0.504 e. The predicted octanol–water partition coefficient (Wildman–Crippen LogP) is 4.71. The van der Waals surface area contributed by atoms with Crippen molar-refractivity contribution in [3.63, 3.8) is 0 Å². The molecule has 3 aromatic carbocycles. The maximum Gasteiger partial charge on any atom is 0.338 e. The van der Waals surface area contributed by atoms with Gasteiger partial charge in [-0.2, -0.15) is 0 Å². The van der Waals surface area contributed by atoms with Crippen molar-refractivity contribution in [1.29, 1.82) is 0 Å². The second-order valence-corrected chi connectivity index (χ2v) is 5.96. The number of hydrogen-bond acceptors (Lipinski definition) is 4. The van der Waals surface area contributed by atoms with Crippen LogP contribution in [0.4, 0.5) is 0 Å². The summed E-state index contributed by atoms with van der Waals surface area (Å²) in [5.74, 6) is -0.976. The molecule has 0 aliphatic carbocycles. The van der Waals surface area contributed by atoms with Gasteiger partial charge < -0.3 is 14.9 Å². The van der Waals surface area contributed by atoms with Crippen molar-refractivity contribution in [3.05, 3.63) is 66.2 Å². The minimum absolute atomic E-state index is 0.208. The maximum atomic E-state index is 12.0. The standard InChI is InChI=1S/C21H18O4/c1-12(2)21(24)25-20-13(3)11-17(22)19(23)18(20)16-10-6-8-14-7-4-5-9-15(14)16/h4-11,22-23H,1H2,2-3H3. The number of phenols is 2. The molecule has 126 valence electrons. The van der Waals surface area contributed by atoms with Crippen molar-refractivity contribution in [2.24, 2.45) is 0 Å². The van der Waals surface area contributed by atoms with Gasteiger partial charge in [0.05, 0.1) is 5.56 Å². The topological polar surface area (TPSA) is 66.8 Å². The van der Waals surface area contributed by atoms with Crippen LogP contribution in [0.3, 0.4) is 0 Å². The molecular formula is C21H18O4. The van der Waals surface area contributed by atoms with Crippen molar-refractivity contribution in [2.75, 3.05) is 0 Å². The molecule has 0 spiro atoms. The number of carbonyl (C=O) groups is 1. The van der Waals surface area contributed by atoms with Gasteiger partial charge >= 0.3 is 5.97 Å². The number of ether oxygens (including phenoxy) is 1. The van der Waals surface area contributed by atoms with Crippen molar-refractivity contribution in [3.8, 4) is 28.4 Å². The van der Waals surface area contributed by atoms with Crippen LogP contribution in [-0.4, -0.2) is 16.2 Å². The zero-order chi connectivity index (χ0) is 18.1. The molecule has 0 radical (unpaired) electrons. The number of benzene rings is 3. The maximum absolute atomic E-state index is 12.0. The number of carbonyl (C=O) groups excluding carboxylic acids is 1. The van der Waals surface area contributed by atoms with Crippen LogP contribution >= 0.6 is 0 Å². The number of aryl methyl sites for hydroxylation is 1. The second kappa shape index (κ2) is 6.32. The highest BCUT2D eigenvalue weighted by atomic mass is 16.5. The zero-order valence-electron chi connectivity index (χ0n) is 14.0. The Morgan fingerprint density at radius 3 is 2.48 bits per heavy atom. The molecule has 0 aliphatic heterocycles. The third-order valence-electron chi connectivity index (χ3n) is 4.02. The van der Waals surface area contributed by atoms with Gasteiger partial charge in [-0.25, -0.2) is 4.79 Å². The van der Waals surface area contributed by atoms with E-state index in [4.69, 9.17) is 4.74 Å². The zero-order valence-corrected chi connectivity index (χ0v) is 14.0. The van der Waals surface area contributed by atoms with E-state index in [2.05, 4.69) is 6.58 Å². The van der Waals surface area contributed by atoms with E-state index in [9.17, 15) is 15.0 Å². The van der Waals surface area contributed by atoms with Crippen molar-refractivity contribution in [2.45, 2.75) is 13.8 Å². The Balaban J connectivity index is 2.34. The van der Waals surface area contributed by atoms with E-state index in [1.807, 2.05) is 42.5 Å². The summed E-state index contributed by atoms with van der Waals surface area (Å²) in [6.45, 7) is 6.84. The molecule has 4 heteroatoms. The van der Waals surface area contributed by atoms with Gasteiger partial charge in [0.15, 0.2) is 11.5 Å². The number of rotatable bonds is 3. The number of phenolic OH excluding ortho intramolecular Hbond substituents is 2. The molecule has 0 bridgehead atoms. The normalized spacial score (nSPS) is 10.6. The molecule has 0 atom stereocenters. The van der Waals surface area contributed by atoms with Crippen molar-refractivity contribution in [1.82, 2.24) is 0 Å². The van der Waals surface area contributed by atoms with Crippen LogP contribution < -0.4 is 4.74 Å². The Bertz CT molecular complexity index is 997. The van der Waals surface area contributed by atoms with Gasteiger partial charge in [0.1, 0.15) is 5.75 Å². The first-order chi connectivity index (χ1) is 11.9. The lowest BCUT2D eigenvalue weighted by molar-refractivity contribution is -0.130. The first-order valence-electron chi connectivity index (χ1n) is 7.81. The van der Waals surface area contributed by atoms with E-state index in [0.29, 0.717) is 11.1 Å². The number of fused-ring (bicyclic) bond motifs is 1. The Morgan fingerprint density at radius 2 is 1.76 bits per heavy atom. The second-order valence-electron chi connectivity index (χ2n) is 5.96. The number of aromatic hydroxyl groups is 2. The first-order valence-corrected chi connectivity index (χ1v) is 7.81. The van der Waals surface area contributed by atoms with Gasteiger partial charge in [-0.1, -0.05) is 49.0 Å². The molecule has 0 saturated heterocycles. The summed E-state index contributed by atoms with van der Waals surface area (Å²) in [7, 11) is 0. The van der Waals surface area contributed by atoms with Crippen LogP contribution in [0.15, 0.2) is 60.7 Å².